The van der Waals surface area contributed by atoms with E-state index in [-0.39, 0.29) is 0 Å². The van der Waals surface area contributed by atoms with Crippen molar-refractivity contribution in [3.05, 3.63) is 24.3 Å². The highest BCUT2D eigenvalue weighted by Gasteiger charge is 2.08. The number of rotatable bonds is 7. The maximum atomic E-state index is 4.67. The monoisotopic (exact) mass is 288 g/mol. The number of anilines is 1. The molecule has 2 rings (SSSR count). The summed E-state index contributed by atoms with van der Waals surface area (Å²) in [4.78, 5) is 11.4. The first-order chi connectivity index (χ1) is 10.1. The van der Waals surface area contributed by atoms with Crippen molar-refractivity contribution in [2.45, 2.75) is 19.8 Å². The van der Waals surface area contributed by atoms with E-state index < -0.39 is 0 Å². The molecule has 114 valence electrons. The SMILES string of the molecule is CCCNc1cc(-c2cnn(C)c2)nc(CCN(C)C)n1. The van der Waals surface area contributed by atoms with Crippen LogP contribution in [0, 0.1) is 0 Å². The van der Waals surface area contributed by atoms with Crippen molar-refractivity contribution in [1.29, 1.82) is 0 Å². The number of likely N-dealkylation sites (N-methyl/N-ethyl adjacent to an activating group) is 1. The van der Waals surface area contributed by atoms with Gasteiger partial charge >= 0.3 is 0 Å². The Morgan fingerprint density at radius 3 is 2.71 bits per heavy atom. The summed E-state index contributed by atoms with van der Waals surface area (Å²) < 4.78 is 1.79. The molecule has 0 radical (unpaired) electrons. The van der Waals surface area contributed by atoms with Gasteiger partial charge in [0, 0.05) is 44.4 Å². The van der Waals surface area contributed by atoms with Gasteiger partial charge in [-0.05, 0) is 20.5 Å². The first-order valence-corrected chi connectivity index (χ1v) is 7.34. The Hall–Kier alpha value is -1.95. The van der Waals surface area contributed by atoms with E-state index in [0.717, 1.165) is 48.8 Å². The lowest BCUT2D eigenvalue weighted by molar-refractivity contribution is 0.409. The van der Waals surface area contributed by atoms with Crippen LogP contribution in [0.3, 0.4) is 0 Å². The normalized spacial score (nSPS) is 11.1. The molecule has 0 fully saturated rings. The summed E-state index contributed by atoms with van der Waals surface area (Å²) in [5.74, 6) is 1.75. The number of hydrogen-bond donors (Lipinski definition) is 1. The van der Waals surface area contributed by atoms with Crippen LogP contribution in [0.15, 0.2) is 18.5 Å². The molecule has 0 saturated carbocycles. The Morgan fingerprint density at radius 2 is 2.10 bits per heavy atom. The molecule has 6 heteroatoms. The van der Waals surface area contributed by atoms with Crippen LogP contribution >= 0.6 is 0 Å². The maximum absolute atomic E-state index is 4.67. The van der Waals surface area contributed by atoms with Crippen molar-refractivity contribution in [2.75, 3.05) is 32.5 Å². The van der Waals surface area contributed by atoms with Gasteiger partial charge in [0.15, 0.2) is 0 Å². The molecule has 0 aliphatic heterocycles. The standard InChI is InChI=1S/C15H24N6/c1-5-7-16-15-9-13(12-10-17-21(4)11-12)18-14(19-15)6-8-20(2)3/h9-11H,5-8H2,1-4H3,(H,16,18,19). The van der Waals surface area contributed by atoms with Gasteiger partial charge in [-0.3, -0.25) is 4.68 Å². The first-order valence-electron chi connectivity index (χ1n) is 7.34. The van der Waals surface area contributed by atoms with Gasteiger partial charge in [-0.1, -0.05) is 6.92 Å². The zero-order chi connectivity index (χ0) is 15.2. The zero-order valence-corrected chi connectivity index (χ0v) is 13.3. The molecule has 0 aliphatic carbocycles. The Morgan fingerprint density at radius 1 is 1.29 bits per heavy atom. The minimum absolute atomic E-state index is 0.835. The Balaban J connectivity index is 2.27. The quantitative estimate of drug-likeness (QED) is 0.842. The van der Waals surface area contributed by atoms with E-state index in [4.69, 9.17) is 0 Å². The molecular formula is C15H24N6. The van der Waals surface area contributed by atoms with E-state index >= 15 is 0 Å². The molecule has 0 atom stereocenters. The molecule has 1 N–H and O–H groups in total. The van der Waals surface area contributed by atoms with Crippen LogP contribution in [0.1, 0.15) is 19.2 Å². The summed E-state index contributed by atoms with van der Waals surface area (Å²) in [5.41, 5.74) is 1.94. The van der Waals surface area contributed by atoms with Gasteiger partial charge in [-0.25, -0.2) is 9.97 Å². The van der Waals surface area contributed by atoms with Gasteiger partial charge in [0.05, 0.1) is 11.9 Å². The van der Waals surface area contributed by atoms with Crippen molar-refractivity contribution in [1.82, 2.24) is 24.6 Å². The summed E-state index contributed by atoms with van der Waals surface area (Å²) in [5, 5.41) is 7.56. The van der Waals surface area contributed by atoms with E-state index in [1.54, 1.807) is 4.68 Å². The molecule has 0 aromatic carbocycles. The molecule has 0 amide bonds. The third kappa shape index (κ3) is 4.53. The van der Waals surface area contributed by atoms with E-state index in [1.807, 2.05) is 25.5 Å². The van der Waals surface area contributed by atoms with Crippen molar-refractivity contribution in [3.8, 4) is 11.3 Å². The Bertz CT molecular complexity index is 575. The lowest BCUT2D eigenvalue weighted by Crippen LogP contribution is -2.17. The lowest BCUT2D eigenvalue weighted by atomic mass is 10.2. The summed E-state index contributed by atoms with van der Waals surface area (Å²) >= 11 is 0. The van der Waals surface area contributed by atoms with E-state index in [9.17, 15) is 0 Å². The zero-order valence-electron chi connectivity index (χ0n) is 13.3. The van der Waals surface area contributed by atoms with E-state index in [1.165, 1.54) is 0 Å². The number of aryl methyl sites for hydroxylation is 1. The maximum Gasteiger partial charge on any atom is 0.132 e. The average molecular weight is 288 g/mol. The van der Waals surface area contributed by atoms with Crippen molar-refractivity contribution < 1.29 is 0 Å². The highest BCUT2D eigenvalue weighted by Crippen LogP contribution is 2.19. The fraction of sp³-hybridized carbons (Fsp3) is 0.533. The summed E-state index contributed by atoms with van der Waals surface area (Å²) in [6.45, 7) is 3.99. The molecular weight excluding hydrogens is 264 g/mol. The fourth-order valence-electron chi connectivity index (χ4n) is 1.98. The van der Waals surface area contributed by atoms with Crippen LogP contribution in [-0.2, 0) is 13.5 Å². The molecule has 6 nitrogen and oxygen atoms in total. The van der Waals surface area contributed by atoms with E-state index in [0.29, 0.717) is 0 Å². The highest BCUT2D eigenvalue weighted by molar-refractivity contribution is 5.60. The minimum atomic E-state index is 0.835. The van der Waals surface area contributed by atoms with Crippen LogP contribution in [0.2, 0.25) is 0 Å². The molecule has 21 heavy (non-hydrogen) atoms. The number of aromatic nitrogens is 4. The Labute approximate surface area is 126 Å². The summed E-state index contributed by atoms with van der Waals surface area (Å²) in [7, 11) is 6.02. The number of hydrogen-bond acceptors (Lipinski definition) is 5. The fourth-order valence-corrected chi connectivity index (χ4v) is 1.98. The third-order valence-corrected chi connectivity index (χ3v) is 3.11. The summed E-state index contributed by atoms with van der Waals surface area (Å²) in [6.07, 6.45) is 5.71. The van der Waals surface area contributed by atoms with Gasteiger partial charge in [0.2, 0.25) is 0 Å². The lowest BCUT2D eigenvalue weighted by Gasteiger charge is -2.11. The molecule has 0 aliphatic rings. The number of nitrogens with one attached hydrogen (secondary N) is 1. The van der Waals surface area contributed by atoms with Gasteiger partial charge in [0.1, 0.15) is 11.6 Å². The van der Waals surface area contributed by atoms with Crippen molar-refractivity contribution >= 4 is 5.82 Å². The predicted molar refractivity (Wildman–Crippen MR) is 85.3 cm³/mol. The van der Waals surface area contributed by atoms with Crippen LogP contribution in [0.4, 0.5) is 5.82 Å². The second-order valence-corrected chi connectivity index (χ2v) is 5.44. The molecule has 0 unspecified atom stereocenters. The Kier molecular flexibility index (Phi) is 5.27. The van der Waals surface area contributed by atoms with Crippen LogP contribution in [-0.4, -0.2) is 51.8 Å². The van der Waals surface area contributed by atoms with Crippen LogP contribution in [0.25, 0.3) is 11.3 Å². The van der Waals surface area contributed by atoms with Crippen molar-refractivity contribution in [2.24, 2.45) is 7.05 Å². The minimum Gasteiger partial charge on any atom is -0.370 e. The second-order valence-electron chi connectivity index (χ2n) is 5.44. The van der Waals surface area contributed by atoms with Gasteiger partial charge in [-0.2, -0.15) is 5.10 Å². The van der Waals surface area contributed by atoms with Crippen molar-refractivity contribution in [3.63, 3.8) is 0 Å². The van der Waals surface area contributed by atoms with Gasteiger partial charge in [0.25, 0.3) is 0 Å². The molecule has 2 heterocycles. The van der Waals surface area contributed by atoms with Gasteiger partial charge in [-0.15, -0.1) is 0 Å². The first kappa shape index (κ1) is 15.4. The summed E-state index contributed by atoms with van der Waals surface area (Å²) in [6, 6.07) is 1.99. The second kappa shape index (κ2) is 7.17. The van der Waals surface area contributed by atoms with Gasteiger partial charge < -0.3 is 10.2 Å². The van der Waals surface area contributed by atoms with E-state index in [2.05, 4.69) is 46.3 Å². The topological polar surface area (TPSA) is 58.9 Å². The predicted octanol–water partition coefficient (Wildman–Crippen LogP) is 1.80. The third-order valence-electron chi connectivity index (χ3n) is 3.11. The molecule has 0 spiro atoms. The largest absolute Gasteiger partial charge is 0.370 e. The van der Waals surface area contributed by atoms with Crippen LogP contribution < -0.4 is 5.32 Å². The average Bonchev–Trinajstić information content (AvgIpc) is 2.89. The molecule has 2 aromatic heterocycles. The molecule has 0 saturated heterocycles. The number of nitrogens with zero attached hydrogens (tertiary/aromatic N) is 5. The smallest absolute Gasteiger partial charge is 0.132 e. The highest BCUT2D eigenvalue weighted by atomic mass is 15.2. The van der Waals surface area contributed by atoms with Crippen LogP contribution in [0.5, 0.6) is 0 Å². The molecule has 0 bridgehead atoms. The molecule has 2 aromatic rings.